The third-order valence-corrected chi connectivity index (χ3v) is 3.48. The minimum absolute atomic E-state index is 0.257. The standard InChI is InChI=1S/C19H13N3O3/c23-17(9-8-15-6-3-11-24-15)21-14-5-1-4-13(12-14)19-22-18-16(25-19)7-2-10-20-18/h1-12H,(H,21,23)/b9-8+. The number of pyridine rings is 1. The number of nitrogens with one attached hydrogen (secondary N) is 1. The first-order chi connectivity index (χ1) is 12.3. The first-order valence-electron chi connectivity index (χ1n) is 7.62. The number of aromatic nitrogens is 2. The van der Waals surface area contributed by atoms with Gasteiger partial charge >= 0.3 is 0 Å². The molecule has 0 bridgehead atoms. The molecule has 25 heavy (non-hydrogen) atoms. The molecule has 0 unspecified atom stereocenters. The highest BCUT2D eigenvalue weighted by Crippen LogP contribution is 2.25. The Balaban J connectivity index is 1.54. The second-order valence-corrected chi connectivity index (χ2v) is 5.26. The number of oxazole rings is 1. The van der Waals surface area contributed by atoms with Crippen LogP contribution in [0.5, 0.6) is 0 Å². The average molecular weight is 331 g/mol. The zero-order chi connectivity index (χ0) is 17.1. The molecule has 0 radical (unpaired) electrons. The molecule has 0 saturated heterocycles. The van der Waals surface area contributed by atoms with E-state index in [0.717, 1.165) is 5.56 Å². The molecule has 0 fully saturated rings. The van der Waals surface area contributed by atoms with Crippen molar-refractivity contribution < 1.29 is 13.6 Å². The monoisotopic (exact) mass is 331 g/mol. The highest BCUT2D eigenvalue weighted by atomic mass is 16.3. The number of benzene rings is 1. The fourth-order valence-electron chi connectivity index (χ4n) is 2.35. The summed E-state index contributed by atoms with van der Waals surface area (Å²) >= 11 is 0. The van der Waals surface area contributed by atoms with Crippen LogP contribution in [0.3, 0.4) is 0 Å². The van der Waals surface area contributed by atoms with Gasteiger partial charge in [-0.15, -0.1) is 0 Å². The lowest BCUT2D eigenvalue weighted by Crippen LogP contribution is -2.07. The molecular formula is C19H13N3O3. The van der Waals surface area contributed by atoms with Crippen LogP contribution in [-0.2, 0) is 4.79 Å². The second kappa shape index (κ2) is 6.45. The van der Waals surface area contributed by atoms with Gasteiger partial charge in [-0.25, -0.2) is 4.98 Å². The van der Waals surface area contributed by atoms with Crippen molar-refractivity contribution in [3.05, 3.63) is 72.8 Å². The van der Waals surface area contributed by atoms with Gasteiger partial charge in [0.25, 0.3) is 0 Å². The molecule has 0 atom stereocenters. The largest absolute Gasteiger partial charge is 0.465 e. The molecule has 3 heterocycles. The summed E-state index contributed by atoms with van der Waals surface area (Å²) in [5.74, 6) is 0.812. The van der Waals surface area contributed by atoms with Crippen molar-refractivity contribution in [2.45, 2.75) is 0 Å². The summed E-state index contributed by atoms with van der Waals surface area (Å²) in [5.41, 5.74) is 2.56. The van der Waals surface area contributed by atoms with Gasteiger partial charge in [-0.3, -0.25) is 4.79 Å². The third kappa shape index (κ3) is 3.32. The van der Waals surface area contributed by atoms with Crippen LogP contribution in [0.1, 0.15) is 5.76 Å². The maximum atomic E-state index is 12.0. The fourth-order valence-corrected chi connectivity index (χ4v) is 2.35. The summed E-state index contributed by atoms with van der Waals surface area (Å²) in [6, 6.07) is 14.4. The molecule has 3 aromatic heterocycles. The van der Waals surface area contributed by atoms with Gasteiger partial charge in [0.1, 0.15) is 5.76 Å². The molecule has 0 aliphatic rings. The molecule has 4 aromatic rings. The van der Waals surface area contributed by atoms with Crippen LogP contribution >= 0.6 is 0 Å². The van der Waals surface area contributed by atoms with Gasteiger partial charge in [0.15, 0.2) is 11.2 Å². The van der Waals surface area contributed by atoms with E-state index in [1.54, 1.807) is 48.9 Å². The lowest BCUT2D eigenvalue weighted by atomic mass is 10.2. The van der Waals surface area contributed by atoms with Gasteiger partial charge in [-0.05, 0) is 48.5 Å². The number of amides is 1. The number of nitrogens with zero attached hydrogens (tertiary/aromatic N) is 2. The molecule has 0 aliphatic heterocycles. The van der Waals surface area contributed by atoms with E-state index in [-0.39, 0.29) is 5.91 Å². The van der Waals surface area contributed by atoms with E-state index in [2.05, 4.69) is 15.3 Å². The average Bonchev–Trinajstić information content (AvgIpc) is 3.29. The molecule has 6 heteroatoms. The van der Waals surface area contributed by atoms with Crippen molar-refractivity contribution in [3.8, 4) is 11.5 Å². The van der Waals surface area contributed by atoms with E-state index in [4.69, 9.17) is 8.83 Å². The van der Waals surface area contributed by atoms with Crippen molar-refractivity contribution in [1.82, 2.24) is 9.97 Å². The Morgan fingerprint density at radius 1 is 1.12 bits per heavy atom. The lowest BCUT2D eigenvalue weighted by molar-refractivity contribution is -0.111. The van der Waals surface area contributed by atoms with Crippen LogP contribution in [0.2, 0.25) is 0 Å². The number of carbonyl (C=O) groups excluding carboxylic acids is 1. The predicted molar refractivity (Wildman–Crippen MR) is 93.6 cm³/mol. The van der Waals surface area contributed by atoms with Crippen LogP contribution in [0.25, 0.3) is 28.8 Å². The molecule has 122 valence electrons. The highest BCUT2D eigenvalue weighted by Gasteiger charge is 2.09. The summed E-state index contributed by atoms with van der Waals surface area (Å²) in [6.07, 6.45) is 6.23. The third-order valence-electron chi connectivity index (χ3n) is 3.48. The summed E-state index contributed by atoms with van der Waals surface area (Å²) in [4.78, 5) is 20.5. The van der Waals surface area contributed by atoms with E-state index in [1.165, 1.54) is 6.08 Å². The van der Waals surface area contributed by atoms with Gasteiger partial charge in [0.05, 0.1) is 6.26 Å². The van der Waals surface area contributed by atoms with Crippen LogP contribution < -0.4 is 5.32 Å². The van der Waals surface area contributed by atoms with Crippen LogP contribution in [0, 0.1) is 0 Å². The number of hydrogen-bond acceptors (Lipinski definition) is 5. The second-order valence-electron chi connectivity index (χ2n) is 5.26. The van der Waals surface area contributed by atoms with Crippen molar-refractivity contribution in [2.24, 2.45) is 0 Å². The Morgan fingerprint density at radius 3 is 2.92 bits per heavy atom. The van der Waals surface area contributed by atoms with E-state index in [1.807, 2.05) is 18.2 Å². The quantitative estimate of drug-likeness (QED) is 0.569. The van der Waals surface area contributed by atoms with E-state index in [0.29, 0.717) is 28.6 Å². The summed E-state index contributed by atoms with van der Waals surface area (Å²) in [7, 11) is 0. The maximum absolute atomic E-state index is 12.0. The van der Waals surface area contributed by atoms with Gasteiger partial charge in [0, 0.05) is 23.5 Å². The molecule has 6 nitrogen and oxygen atoms in total. The van der Waals surface area contributed by atoms with Crippen molar-refractivity contribution >= 4 is 28.9 Å². The Kier molecular flexibility index (Phi) is 3.84. The number of hydrogen-bond donors (Lipinski definition) is 1. The SMILES string of the molecule is O=C(/C=C/c1ccco1)Nc1cccc(-c2nc3ncccc3o2)c1. The molecule has 1 aromatic carbocycles. The van der Waals surface area contributed by atoms with Crippen molar-refractivity contribution in [1.29, 1.82) is 0 Å². The Bertz CT molecular complexity index is 1020. The molecule has 1 N–H and O–H groups in total. The molecule has 0 aliphatic carbocycles. The topological polar surface area (TPSA) is 81.2 Å². The van der Waals surface area contributed by atoms with E-state index in [9.17, 15) is 4.79 Å². The number of fused-ring (bicyclic) bond motifs is 1. The van der Waals surface area contributed by atoms with Crippen LogP contribution in [-0.4, -0.2) is 15.9 Å². The predicted octanol–water partition coefficient (Wildman–Crippen LogP) is 4.13. The highest BCUT2D eigenvalue weighted by molar-refractivity contribution is 6.02. The Morgan fingerprint density at radius 2 is 2.08 bits per heavy atom. The van der Waals surface area contributed by atoms with Gasteiger partial charge in [-0.1, -0.05) is 6.07 Å². The smallest absolute Gasteiger partial charge is 0.248 e. The Labute approximate surface area is 142 Å². The van der Waals surface area contributed by atoms with Crippen molar-refractivity contribution in [3.63, 3.8) is 0 Å². The first kappa shape index (κ1) is 14.9. The Hall–Kier alpha value is -3.67. The molecule has 0 saturated carbocycles. The number of rotatable bonds is 4. The van der Waals surface area contributed by atoms with E-state index >= 15 is 0 Å². The maximum Gasteiger partial charge on any atom is 0.248 e. The minimum Gasteiger partial charge on any atom is -0.465 e. The number of carbonyl (C=O) groups is 1. The lowest BCUT2D eigenvalue weighted by Gasteiger charge is -2.03. The molecule has 1 amide bonds. The van der Waals surface area contributed by atoms with Gasteiger partial charge < -0.3 is 14.2 Å². The molecule has 0 spiro atoms. The molecular weight excluding hydrogens is 318 g/mol. The van der Waals surface area contributed by atoms with Crippen molar-refractivity contribution in [2.75, 3.05) is 5.32 Å². The van der Waals surface area contributed by atoms with Gasteiger partial charge in [0.2, 0.25) is 11.8 Å². The number of furan rings is 1. The van der Waals surface area contributed by atoms with Gasteiger partial charge in [-0.2, -0.15) is 4.98 Å². The normalized spacial score (nSPS) is 11.2. The number of anilines is 1. The zero-order valence-electron chi connectivity index (χ0n) is 13.0. The summed E-state index contributed by atoms with van der Waals surface area (Å²) in [5, 5.41) is 2.80. The molecule has 4 rings (SSSR count). The fraction of sp³-hybridized carbons (Fsp3) is 0. The summed E-state index contributed by atoms with van der Waals surface area (Å²) in [6.45, 7) is 0. The minimum atomic E-state index is -0.257. The van der Waals surface area contributed by atoms with E-state index < -0.39 is 0 Å². The zero-order valence-corrected chi connectivity index (χ0v) is 13.0. The first-order valence-corrected chi connectivity index (χ1v) is 7.62. The van der Waals surface area contributed by atoms with Crippen LogP contribution in [0.15, 0.2) is 75.9 Å². The summed E-state index contributed by atoms with van der Waals surface area (Å²) < 4.78 is 10.8. The van der Waals surface area contributed by atoms with Crippen LogP contribution in [0.4, 0.5) is 5.69 Å².